The Morgan fingerprint density at radius 1 is 1.14 bits per heavy atom. The Hall–Kier alpha value is -1.59. The predicted octanol–water partition coefficient (Wildman–Crippen LogP) is 2.90. The summed E-state index contributed by atoms with van der Waals surface area (Å²) in [4.78, 5) is 18.7. The maximum absolute atomic E-state index is 13.8. The van der Waals surface area contributed by atoms with Crippen LogP contribution >= 0.6 is 0 Å². The number of benzene rings is 1. The molecule has 5 nitrogen and oxygen atoms in total. The number of piperidine rings is 3. The topological polar surface area (TPSA) is 42.0 Å². The molecule has 4 aliphatic heterocycles. The van der Waals surface area contributed by atoms with E-state index in [4.69, 9.17) is 9.47 Å². The number of amides is 1. The van der Waals surface area contributed by atoms with Crippen LogP contribution in [0.15, 0.2) is 24.3 Å². The molecule has 6 rings (SSSR count). The van der Waals surface area contributed by atoms with Crippen molar-refractivity contribution in [3.05, 3.63) is 29.8 Å². The largest absolute Gasteiger partial charge is 0.496 e. The van der Waals surface area contributed by atoms with Gasteiger partial charge in [-0.15, -0.1) is 0 Å². The molecule has 0 N–H and O–H groups in total. The highest BCUT2D eigenvalue weighted by Gasteiger charge is 2.58. The van der Waals surface area contributed by atoms with Gasteiger partial charge in [0.25, 0.3) is 0 Å². The Labute approximate surface area is 168 Å². The lowest BCUT2D eigenvalue weighted by molar-refractivity contribution is -0.156. The van der Waals surface area contributed by atoms with E-state index in [9.17, 15) is 4.79 Å². The first-order valence-corrected chi connectivity index (χ1v) is 10.9. The molecule has 4 heterocycles. The summed E-state index contributed by atoms with van der Waals surface area (Å²) in [6, 6.07) is 9.17. The Kier molecular flexibility index (Phi) is 4.63. The van der Waals surface area contributed by atoms with Crippen molar-refractivity contribution in [3.63, 3.8) is 0 Å². The molecule has 5 heteroatoms. The Bertz CT molecular complexity index is 739. The fraction of sp³-hybridized carbons (Fsp3) is 0.696. The van der Waals surface area contributed by atoms with E-state index in [-0.39, 0.29) is 5.41 Å². The van der Waals surface area contributed by atoms with Crippen LogP contribution < -0.4 is 4.74 Å². The summed E-state index contributed by atoms with van der Waals surface area (Å²) in [5.74, 6) is 2.27. The van der Waals surface area contributed by atoms with Gasteiger partial charge in [-0.05, 0) is 50.8 Å². The van der Waals surface area contributed by atoms with Gasteiger partial charge >= 0.3 is 0 Å². The highest BCUT2D eigenvalue weighted by Crippen LogP contribution is 2.51. The summed E-state index contributed by atoms with van der Waals surface area (Å²) in [6.07, 6.45) is 5.53. The van der Waals surface area contributed by atoms with Crippen LogP contribution in [0.25, 0.3) is 0 Å². The summed E-state index contributed by atoms with van der Waals surface area (Å²) in [5.41, 5.74) is 0.985. The van der Waals surface area contributed by atoms with Crippen LogP contribution in [0.3, 0.4) is 0 Å². The molecule has 5 aliphatic rings. The van der Waals surface area contributed by atoms with Crippen molar-refractivity contribution in [3.8, 4) is 5.75 Å². The third kappa shape index (κ3) is 2.62. The number of fused-ring (bicyclic) bond motifs is 2. The van der Waals surface area contributed by atoms with Crippen molar-refractivity contribution in [1.82, 2.24) is 9.80 Å². The summed E-state index contributed by atoms with van der Waals surface area (Å²) in [6.45, 7) is 3.71. The number of methoxy groups -OCH3 is 2. The molecule has 1 aromatic rings. The van der Waals surface area contributed by atoms with Crippen LogP contribution in [0, 0.1) is 11.3 Å². The monoisotopic (exact) mass is 384 g/mol. The lowest BCUT2D eigenvalue weighted by atomic mass is 9.67. The molecule has 0 unspecified atom stereocenters. The number of carbonyl (C=O) groups is 1. The van der Waals surface area contributed by atoms with Crippen LogP contribution in [0.5, 0.6) is 5.75 Å². The quantitative estimate of drug-likeness (QED) is 0.783. The molecular formula is C23H32N2O3. The number of nitrogens with zero attached hydrogens (tertiary/aromatic N) is 2. The van der Waals surface area contributed by atoms with Crippen LogP contribution in [-0.2, 0) is 9.53 Å². The first-order valence-electron chi connectivity index (χ1n) is 10.9. The number of hydrogen-bond acceptors (Lipinski definition) is 4. The fourth-order valence-electron chi connectivity index (χ4n) is 6.50. The molecule has 0 radical (unpaired) electrons. The molecule has 5 fully saturated rings. The normalized spacial score (nSPS) is 35.4. The van der Waals surface area contributed by atoms with Crippen molar-refractivity contribution in [2.24, 2.45) is 11.3 Å². The molecule has 3 atom stereocenters. The zero-order chi connectivity index (χ0) is 19.3. The third-order valence-electron chi connectivity index (χ3n) is 7.98. The minimum atomic E-state index is -0.277. The number of carbonyl (C=O) groups excluding carboxylic acids is 1. The van der Waals surface area contributed by atoms with E-state index in [2.05, 4.69) is 28.0 Å². The number of hydrogen-bond donors (Lipinski definition) is 0. The standard InChI is InChI=1S/C23H32N2O3/c1-27-15-23(10-5-11-23)22(26)25-14-18(17-6-3-4-7-19(17)28-2)21-20(25)16-8-12-24(21)13-9-16/h3-4,6-7,16,18,20-21H,5,8-15H2,1-2H3/t18-,20-,21-/m1/s1. The lowest BCUT2D eigenvalue weighted by Gasteiger charge is -2.52. The average Bonchev–Trinajstić information content (AvgIpc) is 3.13. The molecule has 1 aliphatic carbocycles. The van der Waals surface area contributed by atoms with E-state index >= 15 is 0 Å². The lowest BCUT2D eigenvalue weighted by Crippen LogP contribution is -2.62. The summed E-state index contributed by atoms with van der Waals surface area (Å²) in [7, 11) is 3.48. The molecule has 4 saturated heterocycles. The number of para-hydroxylation sites is 1. The molecular weight excluding hydrogens is 352 g/mol. The molecule has 0 spiro atoms. The van der Waals surface area contributed by atoms with Crippen molar-refractivity contribution >= 4 is 5.91 Å². The summed E-state index contributed by atoms with van der Waals surface area (Å²) < 4.78 is 11.2. The van der Waals surface area contributed by atoms with E-state index < -0.39 is 0 Å². The number of likely N-dealkylation sites (tertiary alicyclic amines) is 1. The maximum atomic E-state index is 13.8. The maximum Gasteiger partial charge on any atom is 0.231 e. The molecule has 1 aromatic carbocycles. The van der Waals surface area contributed by atoms with Gasteiger partial charge in [-0.3, -0.25) is 9.69 Å². The van der Waals surface area contributed by atoms with Crippen LogP contribution in [-0.4, -0.2) is 68.3 Å². The van der Waals surface area contributed by atoms with Crippen molar-refractivity contribution < 1.29 is 14.3 Å². The predicted molar refractivity (Wildman–Crippen MR) is 107 cm³/mol. The second-order valence-electron chi connectivity index (χ2n) is 9.23. The molecule has 1 saturated carbocycles. The van der Waals surface area contributed by atoms with Crippen LogP contribution in [0.4, 0.5) is 0 Å². The van der Waals surface area contributed by atoms with E-state index in [1.165, 1.54) is 31.5 Å². The number of rotatable bonds is 5. The fourth-order valence-corrected chi connectivity index (χ4v) is 6.50. The van der Waals surface area contributed by atoms with Gasteiger partial charge in [0.15, 0.2) is 0 Å². The minimum absolute atomic E-state index is 0.277. The number of ether oxygens (including phenoxy) is 2. The van der Waals surface area contributed by atoms with Gasteiger partial charge in [-0.25, -0.2) is 0 Å². The van der Waals surface area contributed by atoms with E-state index in [0.717, 1.165) is 31.6 Å². The average molecular weight is 385 g/mol. The molecule has 152 valence electrons. The molecule has 0 aromatic heterocycles. The van der Waals surface area contributed by atoms with Gasteiger partial charge < -0.3 is 14.4 Å². The first-order chi connectivity index (χ1) is 13.7. The Balaban J connectivity index is 1.52. The summed E-state index contributed by atoms with van der Waals surface area (Å²) in [5, 5.41) is 0. The molecule has 1 amide bonds. The van der Waals surface area contributed by atoms with Crippen LogP contribution in [0.1, 0.15) is 43.6 Å². The van der Waals surface area contributed by atoms with E-state index in [1.807, 2.05) is 6.07 Å². The van der Waals surface area contributed by atoms with Gasteiger partial charge in [0.05, 0.1) is 25.2 Å². The van der Waals surface area contributed by atoms with Gasteiger partial charge in [-0.2, -0.15) is 0 Å². The molecule has 2 bridgehead atoms. The minimum Gasteiger partial charge on any atom is -0.496 e. The van der Waals surface area contributed by atoms with Gasteiger partial charge in [0, 0.05) is 31.2 Å². The van der Waals surface area contributed by atoms with Gasteiger partial charge in [-0.1, -0.05) is 24.6 Å². The highest BCUT2D eigenvalue weighted by molar-refractivity contribution is 5.85. The summed E-state index contributed by atoms with van der Waals surface area (Å²) >= 11 is 0. The highest BCUT2D eigenvalue weighted by atomic mass is 16.5. The van der Waals surface area contributed by atoms with E-state index in [1.54, 1.807) is 14.2 Å². The van der Waals surface area contributed by atoms with Crippen molar-refractivity contribution in [2.45, 2.75) is 50.1 Å². The molecule has 28 heavy (non-hydrogen) atoms. The van der Waals surface area contributed by atoms with E-state index in [0.29, 0.717) is 36.4 Å². The van der Waals surface area contributed by atoms with Crippen molar-refractivity contribution in [2.75, 3.05) is 40.5 Å². The first kappa shape index (κ1) is 18.4. The zero-order valence-corrected chi connectivity index (χ0v) is 17.1. The van der Waals surface area contributed by atoms with Crippen LogP contribution in [0.2, 0.25) is 0 Å². The smallest absolute Gasteiger partial charge is 0.231 e. The van der Waals surface area contributed by atoms with Crippen molar-refractivity contribution in [1.29, 1.82) is 0 Å². The second-order valence-corrected chi connectivity index (χ2v) is 9.23. The Morgan fingerprint density at radius 3 is 2.54 bits per heavy atom. The Morgan fingerprint density at radius 2 is 1.89 bits per heavy atom. The zero-order valence-electron chi connectivity index (χ0n) is 17.1. The van der Waals surface area contributed by atoms with Gasteiger partial charge in [0.2, 0.25) is 5.91 Å². The third-order valence-corrected chi connectivity index (χ3v) is 7.98. The SMILES string of the molecule is COCC1(C(=O)N2C[C@H](c3ccccc3OC)[C@@H]3[C@H]2C2CCN3CC2)CCC1. The second kappa shape index (κ2) is 7.03. The van der Waals surface area contributed by atoms with Gasteiger partial charge in [0.1, 0.15) is 5.75 Å².